The van der Waals surface area contributed by atoms with Crippen LogP contribution in [-0.2, 0) is 11.3 Å². The van der Waals surface area contributed by atoms with Crippen LogP contribution in [0.15, 0.2) is 0 Å². The summed E-state index contributed by atoms with van der Waals surface area (Å²) in [6, 6.07) is 0. The molecule has 0 fully saturated rings. The Morgan fingerprint density at radius 2 is 1.10 bits per heavy atom. The van der Waals surface area contributed by atoms with Gasteiger partial charge in [0, 0.05) is 23.4 Å². The summed E-state index contributed by atoms with van der Waals surface area (Å²) in [6.07, 6.45) is 20.3. The van der Waals surface area contributed by atoms with Crippen LogP contribution in [0.4, 0.5) is 0 Å². The molecule has 0 saturated heterocycles. The van der Waals surface area contributed by atoms with E-state index in [2.05, 4.69) is 6.92 Å². The molecule has 0 aliphatic heterocycles. The minimum Gasteiger partial charge on any atom is -0.480 e. The van der Waals surface area contributed by atoms with Gasteiger partial charge in [-0.25, -0.2) is 0 Å². The van der Waals surface area contributed by atoms with E-state index >= 15 is 0 Å². The maximum atomic E-state index is 12.7. The third-order valence-electron chi connectivity index (χ3n) is 6.67. The SMILES string of the molecule is CCCCCCCCCCCCCCCCCC(=O)c1c(C)c(C)n(CC(=O)O)c1C. The molecule has 4 heteroatoms. The Hall–Kier alpha value is -1.58. The van der Waals surface area contributed by atoms with E-state index in [-0.39, 0.29) is 12.3 Å². The van der Waals surface area contributed by atoms with E-state index in [1.165, 1.54) is 83.5 Å². The van der Waals surface area contributed by atoms with Gasteiger partial charge in [-0.05, 0) is 32.8 Å². The Labute approximate surface area is 190 Å². The van der Waals surface area contributed by atoms with Gasteiger partial charge in [0.2, 0.25) is 0 Å². The summed E-state index contributed by atoms with van der Waals surface area (Å²) in [6.45, 7) is 7.88. The molecule has 1 aromatic rings. The highest BCUT2D eigenvalue weighted by molar-refractivity contribution is 5.99. The van der Waals surface area contributed by atoms with Gasteiger partial charge >= 0.3 is 5.97 Å². The highest BCUT2D eigenvalue weighted by Crippen LogP contribution is 2.24. The first-order valence-corrected chi connectivity index (χ1v) is 12.8. The molecule has 1 aromatic heterocycles. The Bertz CT molecular complexity index is 660. The van der Waals surface area contributed by atoms with Crippen LogP contribution in [0.25, 0.3) is 0 Å². The fraction of sp³-hybridized carbons (Fsp3) is 0.778. The monoisotopic (exact) mass is 433 g/mol. The summed E-state index contributed by atoms with van der Waals surface area (Å²) in [5.41, 5.74) is 3.36. The van der Waals surface area contributed by atoms with Crippen molar-refractivity contribution in [3.8, 4) is 0 Å². The van der Waals surface area contributed by atoms with E-state index in [4.69, 9.17) is 5.11 Å². The topological polar surface area (TPSA) is 59.3 Å². The Balaban J connectivity index is 2.10. The molecule has 178 valence electrons. The van der Waals surface area contributed by atoms with Crippen molar-refractivity contribution in [3.63, 3.8) is 0 Å². The normalized spacial score (nSPS) is 11.2. The van der Waals surface area contributed by atoms with Crippen molar-refractivity contribution in [1.82, 2.24) is 4.57 Å². The number of aromatic nitrogens is 1. The van der Waals surface area contributed by atoms with Crippen molar-refractivity contribution in [3.05, 3.63) is 22.5 Å². The molecule has 1 N–H and O–H groups in total. The maximum Gasteiger partial charge on any atom is 0.323 e. The van der Waals surface area contributed by atoms with Crippen molar-refractivity contribution < 1.29 is 14.7 Å². The number of hydrogen-bond acceptors (Lipinski definition) is 2. The number of rotatable bonds is 19. The zero-order valence-electron chi connectivity index (χ0n) is 20.7. The predicted octanol–water partition coefficient (Wildman–Crippen LogP) is 7.94. The minimum absolute atomic E-state index is 0.0786. The quantitative estimate of drug-likeness (QED) is 0.178. The number of hydrogen-bond donors (Lipinski definition) is 1. The van der Waals surface area contributed by atoms with Crippen LogP contribution >= 0.6 is 0 Å². The highest BCUT2D eigenvalue weighted by Gasteiger charge is 2.20. The summed E-state index contributed by atoms with van der Waals surface area (Å²) in [5, 5.41) is 9.10. The third kappa shape index (κ3) is 10.5. The van der Waals surface area contributed by atoms with Gasteiger partial charge in [-0.3, -0.25) is 9.59 Å². The van der Waals surface area contributed by atoms with E-state index in [1.54, 1.807) is 4.57 Å². The Morgan fingerprint density at radius 3 is 1.52 bits per heavy atom. The molecule has 0 aromatic carbocycles. The van der Waals surface area contributed by atoms with Crippen molar-refractivity contribution >= 4 is 11.8 Å². The molecule has 0 aliphatic rings. The lowest BCUT2D eigenvalue weighted by molar-refractivity contribution is -0.137. The van der Waals surface area contributed by atoms with Gasteiger partial charge in [-0.2, -0.15) is 0 Å². The zero-order chi connectivity index (χ0) is 23.1. The van der Waals surface area contributed by atoms with Gasteiger partial charge < -0.3 is 9.67 Å². The second kappa shape index (κ2) is 16.1. The van der Waals surface area contributed by atoms with Gasteiger partial charge in [-0.15, -0.1) is 0 Å². The van der Waals surface area contributed by atoms with Gasteiger partial charge in [0.05, 0.1) is 0 Å². The van der Waals surface area contributed by atoms with Crippen LogP contribution in [0.1, 0.15) is 137 Å². The minimum atomic E-state index is -0.873. The number of ketones is 1. The van der Waals surface area contributed by atoms with Gasteiger partial charge in [0.1, 0.15) is 6.54 Å². The average Bonchev–Trinajstić information content (AvgIpc) is 2.93. The largest absolute Gasteiger partial charge is 0.480 e. The Morgan fingerprint density at radius 1 is 0.677 bits per heavy atom. The molecular weight excluding hydrogens is 386 g/mol. The number of Topliss-reactive ketones (excluding diaryl/α,β-unsaturated/α-hetero) is 1. The number of aliphatic carboxylic acids is 1. The number of nitrogens with zero attached hydrogens (tertiary/aromatic N) is 1. The number of carbonyl (C=O) groups is 2. The fourth-order valence-corrected chi connectivity index (χ4v) is 4.61. The van der Waals surface area contributed by atoms with Crippen molar-refractivity contribution in [2.24, 2.45) is 0 Å². The molecule has 0 unspecified atom stereocenters. The van der Waals surface area contributed by atoms with Gasteiger partial charge in [-0.1, -0.05) is 96.8 Å². The zero-order valence-corrected chi connectivity index (χ0v) is 20.7. The van der Waals surface area contributed by atoms with Crippen LogP contribution in [-0.4, -0.2) is 21.4 Å². The van der Waals surface area contributed by atoms with Crippen LogP contribution in [0.3, 0.4) is 0 Å². The molecule has 0 spiro atoms. The highest BCUT2D eigenvalue weighted by atomic mass is 16.4. The fourth-order valence-electron chi connectivity index (χ4n) is 4.61. The molecule has 1 rings (SSSR count). The summed E-state index contributed by atoms with van der Waals surface area (Å²) >= 11 is 0. The predicted molar refractivity (Wildman–Crippen MR) is 130 cm³/mol. The summed E-state index contributed by atoms with van der Waals surface area (Å²) < 4.78 is 1.75. The number of carboxylic acids is 1. The molecule has 31 heavy (non-hydrogen) atoms. The third-order valence-corrected chi connectivity index (χ3v) is 6.67. The Kier molecular flexibility index (Phi) is 14.3. The second-order valence-electron chi connectivity index (χ2n) is 9.27. The van der Waals surface area contributed by atoms with E-state index in [9.17, 15) is 9.59 Å². The molecular formula is C27H47NO3. The number of carbonyl (C=O) groups excluding carboxylic acids is 1. The lowest BCUT2D eigenvalue weighted by Crippen LogP contribution is -2.12. The standard InChI is InChI=1S/C27H47NO3/c1-5-6-7-8-9-10-11-12-13-14-15-16-17-18-19-20-25(29)27-22(2)23(3)28(24(27)4)21-26(30)31/h5-21H2,1-4H3,(H,30,31). The molecule has 0 radical (unpaired) electrons. The van der Waals surface area contributed by atoms with Crippen LogP contribution in [0.2, 0.25) is 0 Å². The molecule has 0 amide bonds. The molecule has 0 bridgehead atoms. The van der Waals surface area contributed by atoms with Crippen molar-refractivity contribution in [2.45, 2.75) is 137 Å². The second-order valence-corrected chi connectivity index (χ2v) is 9.27. The first-order chi connectivity index (χ1) is 14.9. The number of carboxylic acid groups (broad SMARTS) is 1. The van der Waals surface area contributed by atoms with Crippen molar-refractivity contribution in [1.29, 1.82) is 0 Å². The van der Waals surface area contributed by atoms with E-state index in [0.29, 0.717) is 6.42 Å². The molecule has 0 atom stereocenters. The van der Waals surface area contributed by atoms with Gasteiger partial charge in [0.25, 0.3) is 0 Å². The summed E-state index contributed by atoms with van der Waals surface area (Å²) in [7, 11) is 0. The molecule has 0 aliphatic carbocycles. The maximum absolute atomic E-state index is 12.7. The van der Waals surface area contributed by atoms with Crippen LogP contribution in [0, 0.1) is 20.8 Å². The molecule has 1 heterocycles. The molecule has 4 nitrogen and oxygen atoms in total. The smallest absolute Gasteiger partial charge is 0.323 e. The summed E-state index contributed by atoms with van der Waals surface area (Å²) in [4.78, 5) is 23.8. The van der Waals surface area contributed by atoms with Crippen LogP contribution < -0.4 is 0 Å². The summed E-state index contributed by atoms with van der Waals surface area (Å²) in [5.74, 6) is -0.709. The number of unbranched alkanes of at least 4 members (excludes halogenated alkanes) is 14. The van der Waals surface area contributed by atoms with E-state index < -0.39 is 5.97 Å². The average molecular weight is 434 g/mol. The van der Waals surface area contributed by atoms with Crippen molar-refractivity contribution in [2.75, 3.05) is 0 Å². The lowest BCUT2D eigenvalue weighted by Gasteiger charge is -2.06. The molecule has 0 saturated carbocycles. The van der Waals surface area contributed by atoms with Gasteiger partial charge in [0.15, 0.2) is 5.78 Å². The lowest BCUT2D eigenvalue weighted by atomic mass is 10.00. The first kappa shape index (κ1) is 27.5. The van der Waals surface area contributed by atoms with E-state index in [0.717, 1.165) is 35.4 Å². The van der Waals surface area contributed by atoms with Crippen LogP contribution in [0.5, 0.6) is 0 Å². The first-order valence-electron chi connectivity index (χ1n) is 12.8. The van der Waals surface area contributed by atoms with E-state index in [1.807, 2.05) is 20.8 Å².